The Morgan fingerprint density at radius 1 is 1.03 bits per heavy atom. The maximum Gasteiger partial charge on any atom is 0.338 e. The van der Waals surface area contributed by atoms with E-state index in [4.69, 9.17) is 4.74 Å². The maximum atomic E-state index is 12.9. The molecule has 198 valence electrons. The lowest BCUT2D eigenvalue weighted by atomic mass is 9.92. The fourth-order valence-corrected chi connectivity index (χ4v) is 5.68. The summed E-state index contributed by atoms with van der Waals surface area (Å²) >= 11 is 1.67. The quantitative estimate of drug-likeness (QED) is 0.356. The Balaban J connectivity index is 1.48. The van der Waals surface area contributed by atoms with E-state index < -0.39 is 6.04 Å². The van der Waals surface area contributed by atoms with Crippen LogP contribution in [0.3, 0.4) is 0 Å². The molecule has 6 nitrogen and oxygen atoms in total. The van der Waals surface area contributed by atoms with Gasteiger partial charge in [-0.2, -0.15) is 0 Å². The molecule has 0 saturated carbocycles. The topological polar surface area (TPSA) is 84.5 Å². The zero-order chi connectivity index (χ0) is 27.1. The van der Waals surface area contributed by atoms with E-state index in [0.29, 0.717) is 30.7 Å². The van der Waals surface area contributed by atoms with Crippen LogP contribution in [0.25, 0.3) is 0 Å². The highest BCUT2D eigenvalue weighted by Gasteiger charge is 2.23. The molecular formula is C31H34N2O4S. The first-order valence-corrected chi connectivity index (χ1v) is 13.9. The molecule has 2 atom stereocenters. The van der Waals surface area contributed by atoms with Crippen LogP contribution in [-0.4, -0.2) is 37.0 Å². The molecule has 1 aliphatic heterocycles. The zero-order valence-corrected chi connectivity index (χ0v) is 22.9. The van der Waals surface area contributed by atoms with Crippen LogP contribution in [0, 0.1) is 6.92 Å². The number of esters is 1. The van der Waals surface area contributed by atoms with Gasteiger partial charge in [-0.15, -0.1) is 0 Å². The minimum Gasteiger partial charge on any atom is -0.462 e. The van der Waals surface area contributed by atoms with Gasteiger partial charge in [0.25, 0.3) is 5.91 Å². The van der Waals surface area contributed by atoms with Gasteiger partial charge >= 0.3 is 5.97 Å². The monoisotopic (exact) mass is 530 g/mol. The lowest BCUT2D eigenvalue weighted by molar-refractivity contribution is -0.122. The molecular weight excluding hydrogens is 496 g/mol. The normalized spacial score (nSPS) is 16.2. The van der Waals surface area contributed by atoms with E-state index >= 15 is 0 Å². The number of amides is 2. The molecule has 0 spiro atoms. The number of rotatable bonds is 8. The smallest absolute Gasteiger partial charge is 0.338 e. The minimum absolute atomic E-state index is 0.110. The average Bonchev–Trinajstić information content (AvgIpc) is 3.13. The summed E-state index contributed by atoms with van der Waals surface area (Å²) in [7, 11) is 0. The molecule has 38 heavy (non-hydrogen) atoms. The standard InChI is InChI=1S/C31H34N2O4S/c1-4-37-31(36)23-14-12-22(13-15-23)21(3)25-9-5-6-11-28(25)38-27-17-16-24(19-20(27)2)29(34)33-26-10-7-8-18-32-30(26)35/h5-6,9,11-17,19,21,26H,4,7-8,10,18H2,1-3H3,(H,32,35)(H,33,34). The van der Waals surface area contributed by atoms with Gasteiger partial charge < -0.3 is 15.4 Å². The number of nitrogens with one attached hydrogen (secondary N) is 2. The first-order chi connectivity index (χ1) is 18.4. The SMILES string of the molecule is CCOC(=O)c1ccc(C(C)c2ccccc2Sc2ccc(C(=O)NC3CCCCNC3=O)cc2C)cc1. The molecule has 0 aromatic heterocycles. The van der Waals surface area contributed by atoms with Crippen LogP contribution in [0.4, 0.5) is 0 Å². The molecule has 2 N–H and O–H groups in total. The predicted octanol–water partition coefficient (Wildman–Crippen LogP) is 5.87. The van der Waals surface area contributed by atoms with Crippen LogP contribution in [0.2, 0.25) is 0 Å². The third kappa shape index (κ3) is 6.64. The number of carbonyl (C=O) groups is 3. The van der Waals surface area contributed by atoms with Crippen LogP contribution < -0.4 is 10.6 Å². The Morgan fingerprint density at radius 2 is 1.76 bits per heavy atom. The van der Waals surface area contributed by atoms with Crippen LogP contribution >= 0.6 is 11.8 Å². The maximum absolute atomic E-state index is 12.9. The van der Waals surface area contributed by atoms with Gasteiger partial charge in [-0.25, -0.2) is 4.79 Å². The van der Waals surface area contributed by atoms with Crippen molar-refractivity contribution in [2.24, 2.45) is 0 Å². The van der Waals surface area contributed by atoms with Crippen molar-refractivity contribution in [2.45, 2.75) is 61.8 Å². The molecule has 2 amide bonds. The van der Waals surface area contributed by atoms with Gasteiger partial charge in [-0.3, -0.25) is 9.59 Å². The molecule has 0 radical (unpaired) electrons. The summed E-state index contributed by atoms with van der Waals surface area (Å²) in [4.78, 5) is 39.3. The van der Waals surface area contributed by atoms with E-state index in [-0.39, 0.29) is 23.7 Å². The van der Waals surface area contributed by atoms with Gasteiger partial charge in [0.05, 0.1) is 12.2 Å². The summed E-state index contributed by atoms with van der Waals surface area (Å²) in [6.07, 6.45) is 2.50. The number of benzene rings is 3. The second-order valence-corrected chi connectivity index (χ2v) is 10.6. The number of carbonyl (C=O) groups excluding carboxylic acids is 3. The number of aryl methyl sites for hydroxylation is 1. The molecule has 2 unspecified atom stereocenters. The lowest BCUT2D eigenvalue weighted by Gasteiger charge is -2.18. The Kier molecular flexibility index (Phi) is 9.24. The largest absolute Gasteiger partial charge is 0.462 e. The Bertz CT molecular complexity index is 1310. The molecule has 1 heterocycles. The summed E-state index contributed by atoms with van der Waals surface area (Å²) in [6.45, 7) is 6.96. The fraction of sp³-hybridized carbons (Fsp3) is 0.323. The molecule has 1 aliphatic rings. The number of ether oxygens (including phenoxy) is 1. The third-order valence-corrected chi connectivity index (χ3v) is 8.07. The van der Waals surface area contributed by atoms with Gasteiger partial charge in [-0.05, 0) is 86.2 Å². The Hall–Kier alpha value is -3.58. The molecule has 0 aliphatic carbocycles. The van der Waals surface area contributed by atoms with E-state index in [2.05, 4.69) is 29.7 Å². The highest BCUT2D eigenvalue weighted by Crippen LogP contribution is 2.38. The molecule has 1 saturated heterocycles. The molecule has 1 fully saturated rings. The summed E-state index contributed by atoms with van der Waals surface area (Å²) in [5.41, 5.74) is 4.38. The van der Waals surface area contributed by atoms with Gasteiger partial charge in [0.2, 0.25) is 5.91 Å². The van der Waals surface area contributed by atoms with Crippen LogP contribution in [-0.2, 0) is 9.53 Å². The molecule has 0 bridgehead atoms. The van der Waals surface area contributed by atoms with Crippen molar-refractivity contribution in [3.05, 3.63) is 94.5 Å². The Labute approximate surface area is 228 Å². The molecule has 3 aromatic carbocycles. The molecule has 3 aromatic rings. The van der Waals surface area contributed by atoms with E-state index in [1.165, 1.54) is 5.56 Å². The highest BCUT2D eigenvalue weighted by atomic mass is 32.2. The Morgan fingerprint density at radius 3 is 2.50 bits per heavy atom. The van der Waals surface area contributed by atoms with Crippen LogP contribution in [0.15, 0.2) is 76.5 Å². The van der Waals surface area contributed by atoms with E-state index in [0.717, 1.165) is 33.8 Å². The first kappa shape index (κ1) is 27.5. The van der Waals surface area contributed by atoms with Crippen molar-refractivity contribution in [2.75, 3.05) is 13.2 Å². The summed E-state index contributed by atoms with van der Waals surface area (Å²) in [5.74, 6) is -0.535. The van der Waals surface area contributed by atoms with Crippen molar-refractivity contribution in [1.29, 1.82) is 0 Å². The van der Waals surface area contributed by atoms with Gasteiger partial charge in [-0.1, -0.05) is 49.0 Å². The first-order valence-electron chi connectivity index (χ1n) is 13.1. The van der Waals surface area contributed by atoms with Crippen LogP contribution in [0.1, 0.15) is 76.4 Å². The average molecular weight is 531 g/mol. The second kappa shape index (κ2) is 12.8. The zero-order valence-electron chi connectivity index (χ0n) is 22.1. The molecule has 4 rings (SSSR count). The third-order valence-electron chi connectivity index (χ3n) is 6.80. The number of hydrogen-bond donors (Lipinski definition) is 2. The number of hydrogen-bond acceptors (Lipinski definition) is 5. The van der Waals surface area contributed by atoms with Crippen molar-refractivity contribution in [3.8, 4) is 0 Å². The van der Waals surface area contributed by atoms with Gasteiger partial charge in [0, 0.05) is 27.8 Å². The van der Waals surface area contributed by atoms with Crippen molar-refractivity contribution in [1.82, 2.24) is 10.6 Å². The summed E-state index contributed by atoms with van der Waals surface area (Å²) in [6, 6.07) is 21.1. The fourth-order valence-electron chi connectivity index (χ4n) is 4.58. The summed E-state index contributed by atoms with van der Waals surface area (Å²) < 4.78 is 5.10. The van der Waals surface area contributed by atoms with Crippen molar-refractivity contribution < 1.29 is 19.1 Å². The second-order valence-electron chi connectivity index (χ2n) is 9.50. The van der Waals surface area contributed by atoms with Crippen LogP contribution in [0.5, 0.6) is 0 Å². The van der Waals surface area contributed by atoms with E-state index in [9.17, 15) is 14.4 Å². The van der Waals surface area contributed by atoms with Crippen molar-refractivity contribution >= 4 is 29.5 Å². The molecule has 7 heteroatoms. The van der Waals surface area contributed by atoms with Crippen molar-refractivity contribution in [3.63, 3.8) is 0 Å². The van der Waals surface area contributed by atoms with E-state index in [1.807, 2.05) is 61.5 Å². The predicted molar refractivity (Wildman–Crippen MR) is 150 cm³/mol. The van der Waals surface area contributed by atoms with E-state index in [1.54, 1.807) is 18.7 Å². The van der Waals surface area contributed by atoms with Gasteiger partial charge in [0.1, 0.15) is 6.04 Å². The highest BCUT2D eigenvalue weighted by molar-refractivity contribution is 7.99. The summed E-state index contributed by atoms with van der Waals surface area (Å²) in [5, 5.41) is 5.76. The van der Waals surface area contributed by atoms with Gasteiger partial charge in [0.15, 0.2) is 0 Å². The lowest BCUT2D eigenvalue weighted by Crippen LogP contribution is -2.45. The minimum atomic E-state index is -0.487.